The van der Waals surface area contributed by atoms with Crippen LogP contribution < -0.4 is 5.32 Å². The van der Waals surface area contributed by atoms with E-state index in [0.717, 1.165) is 18.2 Å². The molecule has 0 bridgehead atoms. The first-order valence-corrected chi connectivity index (χ1v) is 7.03. The van der Waals surface area contributed by atoms with Crippen molar-refractivity contribution in [1.29, 1.82) is 0 Å². The molecule has 0 aliphatic heterocycles. The Morgan fingerprint density at radius 2 is 2.12 bits per heavy atom. The molecule has 0 radical (unpaired) electrons. The average Bonchev–Trinajstić information content (AvgIpc) is 3.07. The maximum absolute atomic E-state index is 4.32. The van der Waals surface area contributed by atoms with Gasteiger partial charge < -0.3 is 5.32 Å². The number of nitrogens with zero attached hydrogens (tertiary/aromatic N) is 1. The summed E-state index contributed by atoms with van der Waals surface area (Å²) in [6.45, 7) is 0.875. The predicted octanol–water partition coefficient (Wildman–Crippen LogP) is 3.38. The minimum atomic E-state index is 0.498. The third-order valence-electron chi connectivity index (χ3n) is 3.24. The number of aromatic nitrogens is 1. The van der Waals surface area contributed by atoms with Crippen molar-refractivity contribution < 1.29 is 0 Å². The van der Waals surface area contributed by atoms with Gasteiger partial charge in [-0.3, -0.25) is 0 Å². The van der Waals surface area contributed by atoms with Gasteiger partial charge in [-0.2, -0.15) is 0 Å². The Hall–Kier alpha value is -1.19. The van der Waals surface area contributed by atoms with E-state index in [0.29, 0.717) is 6.04 Å². The number of hydrogen-bond donors (Lipinski definition) is 1. The molecular weight excluding hydrogens is 228 g/mol. The molecule has 88 valence electrons. The van der Waals surface area contributed by atoms with Gasteiger partial charge in [0, 0.05) is 18.0 Å². The monoisotopic (exact) mass is 244 g/mol. The maximum atomic E-state index is 4.32. The van der Waals surface area contributed by atoms with Crippen LogP contribution in [0.2, 0.25) is 0 Å². The lowest BCUT2D eigenvalue weighted by atomic mass is 10.0. The lowest BCUT2D eigenvalue weighted by Crippen LogP contribution is -2.22. The molecule has 1 saturated carbocycles. The molecule has 0 spiro atoms. The molecule has 0 saturated heterocycles. The molecule has 1 unspecified atom stereocenters. The van der Waals surface area contributed by atoms with Gasteiger partial charge in [-0.1, -0.05) is 30.3 Å². The average molecular weight is 244 g/mol. The summed E-state index contributed by atoms with van der Waals surface area (Å²) >= 11 is 1.66. The molecule has 3 rings (SSSR count). The summed E-state index contributed by atoms with van der Waals surface area (Å²) in [6.07, 6.45) is 2.70. The topological polar surface area (TPSA) is 24.9 Å². The zero-order valence-electron chi connectivity index (χ0n) is 9.67. The Morgan fingerprint density at radius 3 is 2.76 bits per heavy atom. The van der Waals surface area contributed by atoms with Crippen LogP contribution in [0.3, 0.4) is 0 Å². The Kier molecular flexibility index (Phi) is 3.20. The summed E-state index contributed by atoms with van der Waals surface area (Å²) in [5.74, 6) is 0.816. The summed E-state index contributed by atoms with van der Waals surface area (Å²) in [7, 11) is 0. The van der Waals surface area contributed by atoms with Gasteiger partial charge in [0.2, 0.25) is 0 Å². The van der Waals surface area contributed by atoms with Gasteiger partial charge in [0.15, 0.2) is 0 Å². The van der Waals surface area contributed by atoms with Gasteiger partial charge in [-0.15, -0.1) is 11.3 Å². The zero-order chi connectivity index (χ0) is 11.5. The van der Waals surface area contributed by atoms with Crippen LogP contribution >= 0.6 is 11.3 Å². The van der Waals surface area contributed by atoms with E-state index in [1.165, 1.54) is 18.4 Å². The number of hydrogen-bond acceptors (Lipinski definition) is 3. The minimum absolute atomic E-state index is 0.498. The van der Waals surface area contributed by atoms with Gasteiger partial charge in [-0.05, 0) is 24.3 Å². The van der Waals surface area contributed by atoms with Crippen molar-refractivity contribution in [3.8, 4) is 0 Å². The highest BCUT2D eigenvalue weighted by Gasteiger charge is 2.31. The number of nitrogens with one attached hydrogen (secondary N) is 1. The first-order valence-electron chi connectivity index (χ1n) is 6.09. The number of rotatable bonds is 5. The van der Waals surface area contributed by atoms with Crippen molar-refractivity contribution >= 4 is 11.3 Å². The molecule has 1 heterocycles. The van der Waals surface area contributed by atoms with Crippen molar-refractivity contribution in [2.24, 2.45) is 5.92 Å². The molecular formula is C14H16N2S. The van der Waals surface area contributed by atoms with Gasteiger partial charge in [0.1, 0.15) is 0 Å². The summed E-state index contributed by atoms with van der Waals surface area (Å²) in [6, 6.07) is 11.3. The largest absolute Gasteiger partial charge is 0.304 e. The lowest BCUT2D eigenvalue weighted by Gasteiger charge is -2.18. The van der Waals surface area contributed by atoms with E-state index >= 15 is 0 Å². The van der Waals surface area contributed by atoms with Gasteiger partial charge in [-0.25, -0.2) is 4.98 Å². The van der Waals surface area contributed by atoms with Crippen LogP contribution in [-0.4, -0.2) is 4.98 Å². The summed E-state index contributed by atoms with van der Waals surface area (Å²) in [4.78, 5) is 4.32. The third-order valence-corrected chi connectivity index (χ3v) is 3.87. The summed E-state index contributed by atoms with van der Waals surface area (Å²) < 4.78 is 0. The first kappa shape index (κ1) is 10.9. The van der Waals surface area contributed by atoms with Crippen LogP contribution in [0.5, 0.6) is 0 Å². The second-order valence-electron chi connectivity index (χ2n) is 4.59. The van der Waals surface area contributed by atoms with Crippen molar-refractivity contribution in [3.63, 3.8) is 0 Å². The van der Waals surface area contributed by atoms with E-state index in [1.807, 2.05) is 5.51 Å². The van der Waals surface area contributed by atoms with E-state index < -0.39 is 0 Å². The Morgan fingerprint density at radius 1 is 1.29 bits per heavy atom. The standard InChI is InChI=1S/C14H16N2S/c1-2-4-11(5-3-1)14(12-6-7-12)15-8-13-9-17-10-16-13/h1-5,9-10,12,14-15H,6-8H2. The highest BCUT2D eigenvalue weighted by atomic mass is 32.1. The van der Waals surface area contributed by atoms with Crippen molar-refractivity contribution in [2.75, 3.05) is 0 Å². The Balaban J connectivity index is 1.68. The van der Waals surface area contributed by atoms with Crippen LogP contribution in [0.15, 0.2) is 41.2 Å². The fraction of sp³-hybridized carbons (Fsp3) is 0.357. The highest BCUT2D eigenvalue weighted by Crippen LogP contribution is 2.41. The van der Waals surface area contributed by atoms with E-state index in [2.05, 4.69) is 46.0 Å². The van der Waals surface area contributed by atoms with Crippen LogP contribution in [0.25, 0.3) is 0 Å². The van der Waals surface area contributed by atoms with E-state index in [1.54, 1.807) is 11.3 Å². The molecule has 1 atom stereocenters. The number of benzene rings is 1. The maximum Gasteiger partial charge on any atom is 0.0795 e. The third kappa shape index (κ3) is 2.73. The minimum Gasteiger partial charge on any atom is -0.304 e. The summed E-state index contributed by atoms with van der Waals surface area (Å²) in [5, 5.41) is 5.76. The van der Waals surface area contributed by atoms with Crippen molar-refractivity contribution in [2.45, 2.75) is 25.4 Å². The lowest BCUT2D eigenvalue weighted by molar-refractivity contribution is 0.477. The fourth-order valence-corrected chi connectivity index (χ4v) is 2.74. The van der Waals surface area contributed by atoms with E-state index in [-0.39, 0.29) is 0 Å². The molecule has 1 aromatic carbocycles. The molecule has 2 aromatic rings. The van der Waals surface area contributed by atoms with Gasteiger partial charge in [0.05, 0.1) is 11.2 Å². The predicted molar refractivity (Wildman–Crippen MR) is 70.9 cm³/mol. The zero-order valence-corrected chi connectivity index (χ0v) is 10.5. The Bertz CT molecular complexity index is 448. The SMILES string of the molecule is c1ccc(C(NCc2cscn2)C2CC2)cc1. The molecule has 1 fully saturated rings. The fourth-order valence-electron chi connectivity index (χ4n) is 2.19. The second kappa shape index (κ2) is 4.98. The van der Waals surface area contributed by atoms with Crippen LogP contribution in [0.1, 0.15) is 30.1 Å². The normalized spacial score (nSPS) is 16.9. The van der Waals surface area contributed by atoms with Gasteiger partial charge in [0.25, 0.3) is 0 Å². The molecule has 1 aliphatic carbocycles. The van der Waals surface area contributed by atoms with Crippen molar-refractivity contribution in [3.05, 3.63) is 52.5 Å². The van der Waals surface area contributed by atoms with E-state index in [4.69, 9.17) is 0 Å². The van der Waals surface area contributed by atoms with Gasteiger partial charge >= 0.3 is 0 Å². The molecule has 1 aliphatic rings. The molecule has 17 heavy (non-hydrogen) atoms. The van der Waals surface area contributed by atoms with E-state index in [9.17, 15) is 0 Å². The van der Waals surface area contributed by atoms with Crippen LogP contribution in [0, 0.1) is 5.92 Å². The smallest absolute Gasteiger partial charge is 0.0795 e. The second-order valence-corrected chi connectivity index (χ2v) is 5.31. The molecule has 1 N–H and O–H groups in total. The quantitative estimate of drug-likeness (QED) is 0.872. The van der Waals surface area contributed by atoms with Crippen molar-refractivity contribution in [1.82, 2.24) is 10.3 Å². The highest BCUT2D eigenvalue weighted by molar-refractivity contribution is 7.07. The molecule has 1 aromatic heterocycles. The molecule has 0 amide bonds. The molecule has 2 nitrogen and oxygen atoms in total. The summed E-state index contributed by atoms with van der Waals surface area (Å²) in [5.41, 5.74) is 4.45. The van der Waals surface area contributed by atoms with Crippen LogP contribution in [0.4, 0.5) is 0 Å². The Labute approximate surface area is 106 Å². The first-order chi connectivity index (χ1) is 8.43. The molecule has 3 heteroatoms. The number of thiazole rings is 1. The van der Waals surface area contributed by atoms with Crippen LogP contribution in [-0.2, 0) is 6.54 Å².